The van der Waals surface area contributed by atoms with Gasteiger partial charge < -0.3 is 29.6 Å². The number of amides is 4. The van der Waals surface area contributed by atoms with Gasteiger partial charge in [0.05, 0.1) is 62.4 Å². The number of nitrogens with zero attached hydrogens (tertiary/aromatic N) is 14. The summed E-state index contributed by atoms with van der Waals surface area (Å²) in [5.74, 6) is -10.9. The van der Waals surface area contributed by atoms with Crippen molar-refractivity contribution in [1.29, 1.82) is 21.0 Å². The standard InChI is InChI=1S/C17H12Cl2F6N4O4S.C17H12Cl2F6N4O3S.C17H10Cl2F6N4O3.C16H10Cl2F6N4O4S/c1-3-33-7-12(30)28(2)15-14(34(31,32)17(23,24)25)11(6-26)27-29(15)13-9(18)4-8(5-10(13)19)16(20,21)22;1-3-32-7-12(30)28(2)15-14(33(31)17(23,24)25)11(6-26)27-29(15)13-9(18)4-8(5-10(13)19)16(20,21)22;1-2-32-6-11(30)27-15-12(14(31)17(23,24)25)10(5-26)28-29(15)13-8(18)3-7(4-9(13)19)16(20,21)22;1-2-32-6-11(29)26-14-13(33(30,31)16(22,23)24)10(5-25)27-28(14)12-8(17)3-7(4-9(12)18)15(19,20)21/h4-5H,3,7H2,1-2H3;4-5H,3,7H2,1-2H3;3-4H,2,6H2,1H3,(H,27,30);3-4H,2,6H2,1H3,(H,26,29). The number of nitrogens with one attached hydrogen (secondary N) is 2. The third-order valence-electron chi connectivity index (χ3n) is 15.7. The Kier molecular flexibility index (Phi) is 36.9. The van der Waals surface area contributed by atoms with Crippen molar-refractivity contribution in [2.45, 2.75) is 89.8 Å². The van der Waals surface area contributed by atoms with E-state index in [-0.39, 0.29) is 35.8 Å². The van der Waals surface area contributed by atoms with E-state index in [1.165, 1.54) is 45.9 Å². The lowest BCUT2D eigenvalue weighted by atomic mass is 10.1. The van der Waals surface area contributed by atoms with Crippen LogP contribution in [0.5, 0.6) is 0 Å². The van der Waals surface area contributed by atoms with Gasteiger partial charge >= 0.3 is 47.4 Å². The molecule has 1 unspecified atom stereocenters. The highest BCUT2D eigenvalue weighted by Gasteiger charge is 2.55. The summed E-state index contributed by atoms with van der Waals surface area (Å²) in [4.78, 5) is 57.2. The lowest BCUT2D eigenvalue weighted by Gasteiger charge is -2.22. The molecule has 0 bridgehead atoms. The van der Waals surface area contributed by atoms with Gasteiger partial charge in [0, 0.05) is 40.5 Å². The number of sulfone groups is 2. The zero-order chi connectivity index (χ0) is 101. The van der Waals surface area contributed by atoms with E-state index in [1.807, 2.05) is 10.6 Å². The Labute approximate surface area is 764 Å². The van der Waals surface area contributed by atoms with Gasteiger partial charge in [0.25, 0.3) is 49.1 Å². The number of rotatable bonds is 24. The number of carbonyl (C=O) groups is 5. The zero-order valence-electron chi connectivity index (χ0n) is 65.1. The van der Waals surface area contributed by atoms with Gasteiger partial charge in [0.15, 0.2) is 60.8 Å². The monoisotopic (exact) mass is 2130 g/mol. The molecule has 0 saturated heterocycles. The fourth-order valence-electron chi connectivity index (χ4n) is 10.00. The second kappa shape index (κ2) is 43.4. The molecule has 65 heteroatoms. The molecule has 8 rings (SSSR count). The van der Waals surface area contributed by atoms with Gasteiger partial charge in [-0.15, -0.1) is 0 Å². The summed E-state index contributed by atoms with van der Waals surface area (Å²) in [5.41, 5.74) is -31.1. The van der Waals surface area contributed by atoms with Gasteiger partial charge in [-0.05, 0) is 76.2 Å². The number of ether oxygens (including phenoxy) is 4. The van der Waals surface area contributed by atoms with Crippen LogP contribution in [0, 0.1) is 45.3 Å². The van der Waals surface area contributed by atoms with Crippen LogP contribution >= 0.6 is 92.8 Å². The van der Waals surface area contributed by atoms with Crippen LogP contribution in [0.4, 0.5) is 129 Å². The van der Waals surface area contributed by atoms with Gasteiger partial charge in [-0.25, -0.2) is 39.8 Å². The number of alkyl halides is 24. The van der Waals surface area contributed by atoms with Gasteiger partial charge in [-0.2, -0.15) is 147 Å². The van der Waals surface area contributed by atoms with E-state index >= 15 is 0 Å². The van der Waals surface area contributed by atoms with E-state index in [1.54, 1.807) is 0 Å². The first-order valence-corrected chi connectivity index (χ1v) is 41.1. The Morgan fingerprint density at radius 3 is 0.955 bits per heavy atom. The number of aromatic nitrogens is 8. The Morgan fingerprint density at radius 1 is 0.402 bits per heavy atom. The minimum atomic E-state index is -6.30. The summed E-state index contributed by atoms with van der Waals surface area (Å²) in [5, 5.41) is 48.5. The molecule has 1 atom stereocenters. The van der Waals surface area contributed by atoms with Crippen LogP contribution in [0.25, 0.3) is 22.7 Å². The number of benzene rings is 4. The van der Waals surface area contributed by atoms with Crippen molar-refractivity contribution < 1.29 is 169 Å². The molecule has 4 aromatic heterocycles. The van der Waals surface area contributed by atoms with Crippen molar-refractivity contribution in [1.82, 2.24) is 39.1 Å². The number of hydrogen-bond acceptors (Lipinski definition) is 22. The minimum Gasteiger partial charge on any atom is -0.372 e. The third kappa shape index (κ3) is 25.8. The fourth-order valence-corrected chi connectivity index (χ4v) is 15.5. The van der Waals surface area contributed by atoms with E-state index in [4.69, 9.17) is 112 Å². The maximum atomic E-state index is 13.4. The van der Waals surface area contributed by atoms with E-state index in [2.05, 4.69) is 20.4 Å². The molecule has 132 heavy (non-hydrogen) atoms. The summed E-state index contributed by atoms with van der Waals surface area (Å²) in [6.07, 6.45) is -25.0. The van der Waals surface area contributed by atoms with Crippen LogP contribution in [0.3, 0.4) is 0 Å². The van der Waals surface area contributed by atoms with Crippen molar-refractivity contribution >= 4 is 176 Å². The number of Topliss-reactive ketones (excluding diaryl/α,β-unsaturated/α-hetero) is 1. The van der Waals surface area contributed by atoms with Crippen molar-refractivity contribution in [3.8, 4) is 47.0 Å². The molecule has 8 aromatic rings. The first-order valence-electron chi connectivity index (χ1n) is 34.0. The highest BCUT2D eigenvalue weighted by molar-refractivity contribution is 7.92. The second-order valence-electron chi connectivity index (χ2n) is 24.3. The maximum Gasteiger partial charge on any atom is 0.502 e. The highest BCUT2D eigenvalue weighted by atomic mass is 35.5. The fraction of sp³-hybridized carbons (Fsp3) is 0.328. The molecular weight excluding hydrogens is 2090 g/mol. The van der Waals surface area contributed by atoms with Crippen molar-refractivity contribution in [2.24, 2.45) is 0 Å². The number of halogens is 32. The molecule has 718 valence electrons. The number of nitriles is 4. The molecule has 0 fully saturated rings. The van der Waals surface area contributed by atoms with Crippen molar-refractivity contribution in [3.63, 3.8) is 0 Å². The number of carbonyl (C=O) groups excluding carboxylic acids is 5. The second-order valence-corrected chi connectivity index (χ2v) is 32.8. The van der Waals surface area contributed by atoms with Crippen LogP contribution in [0.15, 0.2) is 63.2 Å². The Bertz CT molecular complexity index is 6140. The topological polar surface area (TPSA) is 405 Å². The third-order valence-corrected chi connectivity index (χ3v) is 22.2. The summed E-state index contributed by atoms with van der Waals surface area (Å²) in [6.45, 7) is 3.42. The first kappa shape index (κ1) is 112. The molecule has 30 nitrogen and oxygen atoms in total. The number of hydrogen-bond donors (Lipinski definition) is 2. The Morgan fingerprint density at radius 2 is 0.659 bits per heavy atom. The molecule has 0 aliphatic carbocycles. The van der Waals surface area contributed by atoms with Crippen LogP contribution in [-0.2, 0) is 93.3 Å². The number of likely N-dealkylation sites (N-methyl/N-ethyl adjacent to an activating group) is 2. The van der Waals surface area contributed by atoms with Crippen LogP contribution in [-0.4, -0.2) is 179 Å². The van der Waals surface area contributed by atoms with Gasteiger partial charge in [-0.1, -0.05) is 92.8 Å². The molecule has 2 N–H and O–H groups in total. The van der Waals surface area contributed by atoms with Crippen LogP contribution in [0.2, 0.25) is 40.2 Å². The van der Waals surface area contributed by atoms with E-state index in [9.17, 15) is 171 Å². The average Bonchev–Trinajstić information content (AvgIpc) is 1.58. The maximum absolute atomic E-state index is 13.4. The highest BCUT2D eigenvalue weighted by Crippen LogP contribution is 2.49. The number of anilines is 4. The smallest absolute Gasteiger partial charge is 0.372 e. The van der Waals surface area contributed by atoms with Gasteiger partial charge in [0.2, 0.25) is 0 Å². The molecule has 0 spiro atoms. The van der Waals surface area contributed by atoms with E-state index in [0.717, 1.165) is 20.2 Å². The molecule has 0 saturated carbocycles. The Balaban J connectivity index is 0.000000311. The molecule has 0 aliphatic heterocycles. The molecule has 0 radical (unpaired) electrons. The molecular formula is C67H44Cl8F24N16O14S3. The quantitative estimate of drug-likeness (QED) is 0.0419. The molecule has 4 amide bonds. The summed E-state index contributed by atoms with van der Waals surface area (Å²) < 4.78 is 397. The van der Waals surface area contributed by atoms with Crippen molar-refractivity contribution in [2.75, 3.05) is 87.4 Å². The lowest BCUT2D eigenvalue weighted by molar-refractivity contribution is -0.138. The van der Waals surface area contributed by atoms with Crippen LogP contribution in [0.1, 0.15) is 83.1 Å². The minimum absolute atomic E-state index is 0.000392. The van der Waals surface area contributed by atoms with Crippen molar-refractivity contribution in [3.05, 3.63) is 139 Å². The molecule has 4 heterocycles. The first-order chi connectivity index (χ1) is 60.4. The molecule has 4 aromatic carbocycles. The summed E-state index contributed by atoms with van der Waals surface area (Å²) in [7, 11) is -14.6. The SMILES string of the molecule is CCOCC(=O)N(C)c1c(S(=O)(=O)C(F)(F)F)c(C#N)nn1-c1c(Cl)cc(C(F)(F)F)cc1Cl.CCOCC(=O)N(C)c1c(S(=O)C(F)(F)F)c(C#N)nn1-c1c(Cl)cc(C(F)(F)F)cc1Cl.CCOCC(=O)Nc1c(C(=O)C(F)(F)F)c(C#N)nn1-c1c(Cl)cc(C(F)(F)F)cc1Cl.CCOCC(=O)Nc1c(S(=O)(=O)C(F)(F)F)c(C#N)nn1-c1c(Cl)cc(C(F)(F)F)cc1Cl. The molecule has 0 aliphatic rings. The van der Waals surface area contributed by atoms with E-state index in [0.29, 0.717) is 67.7 Å². The number of ketones is 1. The predicted octanol–water partition coefficient (Wildman–Crippen LogP) is 18.2. The normalized spacial score (nSPS) is 12.5. The lowest BCUT2D eigenvalue weighted by Crippen LogP contribution is -2.34. The summed E-state index contributed by atoms with van der Waals surface area (Å²) >= 11 is 47.1. The van der Waals surface area contributed by atoms with E-state index < -0.39 is 285 Å². The van der Waals surface area contributed by atoms with Gasteiger partial charge in [0.1, 0.15) is 89.7 Å². The van der Waals surface area contributed by atoms with Crippen LogP contribution < -0.4 is 20.4 Å². The van der Waals surface area contributed by atoms with Gasteiger partial charge in [-0.3, -0.25) is 33.8 Å². The summed E-state index contributed by atoms with van der Waals surface area (Å²) in [6, 6.07) is 8.01. The Hall–Kier alpha value is -10.2. The predicted molar refractivity (Wildman–Crippen MR) is 413 cm³/mol. The average molecular weight is 2130 g/mol. The zero-order valence-corrected chi connectivity index (χ0v) is 73.6. The largest absolute Gasteiger partial charge is 0.502 e.